The molecule has 5 amide bonds. The number of carbonyl (C=O) groups excluding carboxylic acids is 4. The van der Waals surface area contributed by atoms with E-state index >= 15 is 0 Å². The van der Waals surface area contributed by atoms with E-state index in [0.717, 1.165) is 17.9 Å². The number of aliphatic hydroxyl groups is 1. The number of carbonyl (C=O) groups is 4. The Labute approximate surface area is 183 Å². The third-order valence-electron chi connectivity index (χ3n) is 5.59. The minimum atomic E-state index is -4.92. The van der Waals surface area contributed by atoms with Gasteiger partial charge in [-0.1, -0.05) is 0 Å². The number of hydroxylamine groups is 2. The van der Waals surface area contributed by atoms with E-state index in [1.54, 1.807) is 0 Å². The first kappa shape index (κ1) is 24.1. The van der Waals surface area contributed by atoms with Crippen LogP contribution in [0.15, 0.2) is 0 Å². The van der Waals surface area contributed by atoms with Crippen molar-refractivity contribution >= 4 is 34.2 Å². The first-order valence-electron chi connectivity index (χ1n) is 10.1. The van der Waals surface area contributed by atoms with Crippen LogP contribution in [-0.2, 0) is 29.1 Å². The molecule has 2 bridgehead atoms. The molecule has 6 N–H and O–H groups in total. The number of urea groups is 1. The van der Waals surface area contributed by atoms with Crippen molar-refractivity contribution in [3.05, 3.63) is 0 Å². The molecule has 32 heavy (non-hydrogen) atoms. The van der Waals surface area contributed by atoms with Crippen molar-refractivity contribution in [2.45, 2.75) is 43.8 Å². The Hall–Kier alpha value is -2.53. The number of hydrogen-bond acceptors (Lipinski definition) is 9. The van der Waals surface area contributed by atoms with Gasteiger partial charge in [-0.15, -0.1) is 4.28 Å². The van der Waals surface area contributed by atoms with Gasteiger partial charge in [-0.2, -0.15) is 13.5 Å². The fourth-order valence-electron chi connectivity index (χ4n) is 3.95. The number of rotatable bonds is 7. The van der Waals surface area contributed by atoms with E-state index in [-0.39, 0.29) is 25.3 Å². The Morgan fingerprint density at radius 1 is 1.19 bits per heavy atom. The molecule has 0 aliphatic carbocycles. The van der Waals surface area contributed by atoms with Crippen LogP contribution in [-0.4, -0.2) is 96.2 Å². The molecule has 3 saturated heterocycles. The summed E-state index contributed by atoms with van der Waals surface area (Å²) in [4.78, 5) is 50.5. The number of piperidine rings is 2. The number of amides is 5. The molecule has 0 aromatic heterocycles. The Morgan fingerprint density at radius 2 is 1.94 bits per heavy atom. The molecule has 3 rings (SSSR count). The van der Waals surface area contributed by atoms with Crippen LogP contribution in [0.5, 0.6) is 0 Å². The van der Waals surface area contributed by atoms with Crippen LogP contribution in [0.2, 0.25) is 0 Å². The van der Waals surface area contributed by atoms with Crippen molar-refractivity contribution < 1.29 is 41.5 Å². The highest BCUT2D eigenvalue weighted by molar-refractivity contribution is 7.80. The molecule has 3 aliphatic rings. The highest BCUT2D eigenvalue weighted by atomic mass is 32.3. The first-order chi connectivity index (χ1) is 15.1. The normalized spacial score (nSPS) is 26.4. The number of hydrazine groups is 1. The van der Waals surface area contributed by atoms with E-state index in [2.05, 4.69) is 25.8 Å². The van der Waals surface area contributed by atoms with Gasteiger partial charge in [0.1, 0.15) is 12.1 Å². The third kappa shape index (κ3) is 5.63. The molecule has 3 aliphatic heterocycles. The van der Waals surface area contributed by atoms with Gasteiger partial charge in [0, 0.05) is 13.1 Å². The molecule has 0 radical (unpaired) electrons. The zero-order valence-corrected chi connectivity index (χ0v) is 17.8. The predicted octanol–water partition coefficient (Wildman–Crippen LogP) is -3.39. The maximum atomic E-state index is 12.7. The highest BCUT2D eigenvalue weighted by Crippen LogP contribution is 2.30. The predicted molar refractivity (Wildman–Crippen MR) is 104 cm³/mol. The summed E-state index contributed by atoms with van der Waals surface area (Å²) >= 11 is 0. The van der Waals surface area contributed by atoms with E-state index in [0.29, 0.717) is 18.0 Å². The number of fused-ring (bicyclic) bond motifs is 2. The van der Waals surface area contributed by atoms with Crippen LogP contribution in [0.4, 0.5) is 4.79 Å². The zero-order chi connectivity index (χ0) is 23.5. The smallest absolute Gasteiger partial charge is 0.394 e. The molecule has 1 unspecified atom stereocenters. The lowest BCUT2D eigenvalue weighted by Gasteiger charge is -2.30. The summed E-state index contributed by atoms with van der Waals surface area (Å²) in [7, 11) is -4.92. The van der Waals surface area contributed by atoms with E-state index in [9.17, 15) is 32.7 Å². The average molecular weight is 478 g/mol. The third-order valence-corrected chi connectivity index (χ3v) is 5.94. The van der Waals surface area contributed by atoms with Crippen LogP contribution in [0, 0.1) is 5.92 Å². The molecule has 15 nitrogen and oxygen atoms in total. The molecule has 0 spiro atoms. The number of nitrogens with one attached hydrogen (secondary N) is 4. The van der Waals surface area contributed by atoms with Gasteiger partial charge in [-0.25, -0.2) is 4.79 Å². The Morgan fingerprint density at radius 3 is 2.56 bits per heavy atom. The van der Waals surface area contributed by atoms with Crippen molar-refractivity contribution in [2.24, 2.45) is 5.92 Å². The minimum Gasteiger partial charge on any atom is -0.394 e. The summed E-state index contributed by atoms with van der Waals surface area (Å²) in [6.45, 7) is 0.510. The van der Waals surface area contributed by atoms with E-state index in [1.807, 2.05) is 0 Å². The van der Waals surface area contributed by atoms with Crippen LogP contribution >= 0.6 is 0 Å². The summed E-state index contributed by atoms with van der Waals surface area (Å²) in [5.41, 5.74) is 4.44. The van der Waals surface area contributed by atoms with Gasteiger partial charge in [0.15, 0.2) is 0 Å². The summed E-state index contributed by atoms with van der Waals surface area (Å²) in [6.07, 6.45) is 1.83. The van der Waals surface area contributed by atoms with Crippen molar-refractivity contribution in [3.63, 3.8) is 0 Å². The molecule has 0 saturated carbocycles. The summed E-state index contributed by atoms with van der Waals surface area (Å²) in [6, 6.07) is -4.04. The lowest BCUT2D eigenvalue weighted by atomic mass is 9.99. The van der Waals surface area contributed by atoms with Gasteiger partial charge in [0.25, 0.3) is 5.91 Å². The molecule has 3 fully saturated rings. The second-order valence-corrected chi connectivity index (χ2v) is 8.78. The van der Waals surface area contributed by atoms with Crippen LogP contribution < -0.4 is 21.5 Å². The second-order valence-electron chi connectivity index (χ2n) is 7.78. The fourth-order valence-corrected chi connectivity index (χ4v) is 4.34. The molecule has 16 heteroatoms. The number of aliphatic hydroxyl groups excluding tert-OH is 1. The molecular weight excluding hydrogens is 452 g/mol. The Kier molecular flexibility index (Phi) is 7.50. The molecule has 4 atom stereocenters. The maximum Gasteiger partial charge on any atom is 0.418 e. The first-order valence-corrected chi connectivity index (χ1v) is 11.5. The number of nitrogens with zero attached hydrogens (tertiary/aromatic N) is 2. The van der Waals surface area contributed by atoms with Crippen molar-refractivity contribution in [1.29, 1.82) is 0 Å². The van der Waals surface area contributed by atoms with Gasteiger partial charge in [-0.3, -0.25) is 29.8 Å². The van der Waals surface area contributed by atoms with Crippen molar-refractivity contribution in [1.82, 2.24) is 31.4 Å². The van der Waals surface area contributed by atoms with Gasteiger partial charge >= 0.3 is 16.4 Å². The summed E-state index contributed by atoms with van der Waals surface area (Å²) in [5.74, 6) is -2.30. The van der Waals surface area contributed by atoms with Crippen molar-refractivity contribution in [3.8, 4) is 0 Å². The lowest BCUT2D eigenvalue weighted by molar-refractivity contribution is -0.135. The maximum absolute atomic E-state index is 12.7. The minimum absolute atomic E-state index is 0.0199. The molecule has 3 heterocycles. The van der Waals surface area contributed by atoms with Gasteiger partial charge < -0.3 is 20.6 Å². The zero-order valence-electron chi connectivity index (χ0n) is 17.0. The molecule has 0 aromatic rings. The van der Waals surface area contributed by atoms with E-state index in [1.165, 1.54) is 0 Å². The second kappa shape index (κ2) is 9.95. The topological polar surface area (TPSA) is 207 Å². The largest absolute Gasteiger partial charge is 0.418 e. The van der Waals surface area contributed by atoms with Gasteiger partial charge in [0.05, 0.1) is 18.6 Å². The van der Waals surface area contributed by atoms with Crippen molar-refractivity contribution in [2.75, 3.05) is 26.2 Å². The highest BCUT2D eigenvalue weighted by Gasteiger charge is 2.49. The Bertz CT molecular complexity index is 862. The van der Waals surface area contributed by atoms with Gasteiger partial charge in [-0.05, 0) is 32.2 Å². The van der Waals surface area contributed by atoms with Crippen LogP contribution in [0.1, 0.15) is 25.7 Å². The SMILES string of the molecule is O=C(NNC(=O)[C@@H]1CCCNC1)C(CO)NC(=O)[C@@H]1CC[C@@H]2CN1C(=O)N2OS(=O)(=O)O. The number of hydrogen-bond donors (Lipinski definition) is 6. The summed E-state index contributed by atoms with van der Waals surface area (Å²) in [5, 5.41) is 15.4. The van der Waals surface area contributed by atoms with E-state index in [4.69, 9.17) is 4.55 Å². The standard InChI is InChI=1S/C16H26N6O9S/c23-8-11(14(25)20-19-13(24)9-2-1-5-17-6-9)18-15(26)12-4-3-10-7-21(12)16(27)22(10)31-32(28,29)30/h9-12,17,23H,1-8H2,(H,18,26)(H,19,24)(H,20,25)(H,28,29,30)/t9-,10-,11?,12+/m1/s1. The molecule has 0 aromatic carbocycles. The summed E-state index contributed by atoms with van der Waals surface area (Å²) < 4.78 is 35.0. The van der Waals surface area contributed by atoms with Crippen LogP contribution in [0.3, 0.4) is 0 Å². The average Bonchev–Trinajstić information content (AvgIpc) is 2.99. The monoisotopic (exact) mass is 478 g/mol. The molecular formula is C16H26N6O9S. The molecule has 180 valence electrons. The van der Waals surface area contributed by atoms with Gasteiger partial charge in [0.2, 0.25) is 11.8 Å². The Balaban J connectivity index is 1.54. The van der Waals surface area contributed by atoms with Crippen LogP contribution in [0.25, 0.3) is 0 Å². The lowest BCUT2D eigenvalue weighted by Crippen LogP contribution is -2.58. The fraction of sp³-hybridized carbons (Fsp3) is 0.750. The quantitative estimate of drug-likeness (QED) is 0.158. The van der Waals surface area contributed by atoms with E-state index < -0.39 is 58.9 Å².